The Morgan fingerprint density at radius 2 is 1.86 bits per heavy atom. The maximum absolute atomic E-state index is 11.8. The Morgan fingerprint density at radius 1 is 1.24 bits per heavy atom. The second-order valence-electron chi connectivity index (χ2n) is 5.27. The summed E-state index contributed by atoms with van der Waals surface area (Å²) in [4.78, 5) is 23.7. The molecular weight excluding hydrogens is 290 g/mol. The SMILES string of the molecule is CNCC(C)C(=O)Nc1ccc(C(=O)NC2CC2)cc1.Cl. The second-order valence-corrected chi connectivity index (χ2v) is 5.27. The standard InChI is InChI=1S/C15H21N3O2.ClH/c1-10(9-16-2)14(19)17-12-5-3-11(4-6-12)15(20)18-13-7-8-13;/h3-6,10,13,16H,7-9H2,1-2H3,(H,17,19)(H,18,20);1H. The smallest absolute Gasteiger partial charge is 0.251 e. The Kier molecular flexibility index (Phi) is 6.65. The van der Waals surface area contributed by atoms with Crippen LogP contribution in [0.1, 0.15) is 30.1 Å². The number of hydrogen-bond donors (Lipinski definition) is 3. The predicted molar refractivity (Wildman–Crippen MR) is 85.9 cm³/mol. The van der Waals surface area contributed by atoms with Gasteiger partial charge in [-0.15, -0.1) is 12.4 Å². The van der Waals surface area contributed by atoms with Crippen molar-refractivity contribution in [1.82, 2.24) is 10.6 Å². The van der Waals surface area contributed by atoms with E-state index in [4.69, 9.17) is 0 Å². The van der Waals surface area contributed by atoms with Crippen molar-refractivity contribution < 1.29 is 9.59 Å². The maximum atomic E-state index is 11.8. The van der Waals surface area contributed by atoms with E-state index in [0.29, 0.717) is 23.8 Å². The molecule has 0 saturated heterocycles. The third kappa shape index (κ3) is 5.36. The molecule has 0 spiro atoms. The van der Waals surface area contributed by atoms with Crippen molar-refractivity contribution in [1.29, 1.82) is 0 Å². The van der Waals surface area contributed by atoms with Gasteiger partial charge in [0.2, 0.25) is 5.91 Å². The minimum absolute atomic E-state index is 0. The van der Waals surface area contributed by atoms with Gasteiger partial charge >= 0.3 is 0 Å². The van der Waals surface area contributed by atoms with Crippen LogP contribution in [0.4, 0.5) is 5.69 Å². The number of carbonyl (C=O) groups excluding carboxylic acids is 2. The second kappa shape index (κ2) is 8.00. The van der Waals surface area contributed by atoms with Gasteiger partial charge in [-0.3, -0.25) is 9.59 Å². The molecule has 0 heterocycles. The third-order valence-electron chi connectivity index (χ3n) is 3.29. The summed E-state index contributed by atoms with van der Waals surface area (Å²) in [5, 5.41) is 8.73. The van der Waals surface area contributed by atoms with Gasteiger partial charge in [0.05, 0.1) is 0 Å². The van der Waals surface area contributed by atoms with E-state index in [1.54, 1.807) is 24.3 Å². The summed E-state index contributed by atoms with van der Waals surface area (Å²) in [5.74, 6) is -0.179. The van der Waals surface area contributed by atoms with Gasteiger partial charge in [0.15, 0.2) is 0 Å². The number of nitrogens with one attached hydrogen (secondary N) is 3. The Balaban J connectivity index is 0.00000220. The predicted octanol–water partition coefficient (Wildman–Crippen LogP) is 1.79. The van der Waals surface area contributed by atoms with E-state index in [-0.39, 0.29) is 30.1 Å². The molecule has 116 valence electrons. The highest BCUT2D eigenvalue weighted by Crippen LogP contribution is 2.19. The minimum atomic E-state index is -0.0992. The summed E-state index contributed by atoms with van der Waals surface area (Å²) in [6, 6.07) is 7.33. The van der Waals surface area contributed by atoms with Crippen molar-refractivity contribution >= 4 is 29.9 Å². The van der Waals surface area contributed by atoms with Crippen molar-refractivity contribution in [3.05, 3.63) is 29.8 Å². The molecule has 5 nitrogen and oxygen atoms in total. The van der Waals surface area contributed by atoms with Gasteiger partial charge in [0.25, 0.3) is 5.91 Å². The van der Waals surface area contributed by atoms with Crippen LogP contribution in [0.2, 0.25) is 0 Å². The van der Waals surface area contributed by atoms with Crippen molar-refractivity contribution in [2.75, 3.05) is 18.9 Å². The minimum Gasteiger partial charge on any atom is -0.349 e. The van der Waals surface area contributed by atoms with E-state index in [1.165, 1.54) is 0 Å². The molecule has 6 heteroatoms. The number of hydrogen-bond acceptors (Lipinski definition) is 3. The third-order valence-corrected chi connectivity index (χ3v) is 3.29. The first-order valence-electron chi connectivity index (χ1n) is 6.96. The van der Waals surface area contributed by atoms with Crippen LogP contribution >= 0.6 is 12.4 Å². The fourth-order valence-corrected chi connectivity index (χ4v) is 1.87. The van der Waals surface area contributed by atoms with Crippen molar-refractivity contribution in [2.24, 2.45) is 5.92 Å². The Hall–Kier alpha value is -1.59. The van der Waals surface area contributed by atoms with Crippen molar-refractivity contribution in [3.8, 4) is 0 Å². The van der Waals surface area contributed by atoms with Crippen LogP contribution in [-0.2, 0) is 4.79 Å². The van der Waals surface area contributed by atoms with Crippen LogP contribution < -0.4 is 16.0 Å². The highest BCUT2D eigenvalue weighted by molar-refractivity contribution is 5.96. The lowest BCUT2D eigenvalue weighted by molar-refractivity contribution is -0.119. The zero-order valence-electron chi connectivity index (χ0n) is 12.3. The number of rotatable bonds is 6. The van der Waals surface area contributed by atoms with Gasteiger partial charge < -0.3 is 16.0 Å². The molecule has 3 N–H and O–H groups in total. The molecule has 1 aliphatic rings. The summed E-state index contributed by atoms with van der Waals surface area (Å²) in [6.07, 6.45) is 2.15. The molecule has 1 unspecified atom stereocenters. The van der Waals surface area contributed by atoms with Crippen LogP contribution in [0.3, 0.4) is 0 Å². The number of halogens is 1. The molecule has 1 fully saturated rings. The Bertz CT molecular complexity index is 486. The molecule has 0 aliphatic heterocycles. The molecule has 1 aliphatic carbocycles. The summed E-state index contributed by atoms with van der Waals surface area (Å²) in [5.41, 5.74) is 1.33. The van der Waals surface area contributed by atoms with E-state index in [2.05, 4.69) is 16.0 Å². The molecule has 0 aromatic heterocycles. The van der Waals surface area contributed by atoms with E-state index < -0.39 is 0 Å². The van der Waals surface area contributed by atoms with E-state index in [0.717, 1.165) is 12.8 Å². The lowest BCUT2D eigenvalue weighted by Gasteiger charge is -2.12. The first-order chi connectivity index (χ1) is 9.60. The highest BCUT2D eigenvalue weighted by Gasteiger charge is 2.23. The molecule has 1 aromatic rings. The van der Waals surface area contributed by atoms with Crippen LogP contribution in [0.15, 0.2) is 24.3 Å². The quantitative estimate of drug-likeness (QED) is 0.750. The summed E-state index contributed by atoms with van der Waals surface area (Å²) in [6.45, 7) is 2.50. The van der Waals surface area contributed by atoms with Gasteiger partial charge in [0.1, 0.15) is 0 Å². The zero-order valence-corrected chi connectivity index (χ0v) is 13.1. The maximum Gasteiger partial charge on any atom is 0.251 e. The van der Waals surface area contributed by atoms with Gasteiger partial charge in [-0.05, 0) is 44.2 Å². The molecule has 0 bridgehead atoms. The average Bonchev–Trinajstić information content (AvgIpc) is 3.23. The fraction of sp³-hybridized carbons (Fsp3) is 0.467. The van der Waals surface area contributed by atoms with Gasteiger partial charge in [-0.1, -0.05) is 6.92 Å². The highest BCUT2D eigenvalue weighted by atomic mass is 35.5. The molecule has 21 heavy (non-hydrogen) atoms. The summed E-state index contributed by atoms with van der Waals surface area (Å²) < 4.78 is 0. The zero-order chi connectivity index (χ0) is 14.5. The molecule has 1 aromatic carbocycles. The molecule has 1 atom stereocenters. The Morgan fingerprint density at radius 3 is 2.38 bits per heavy atom. The van der Waals surface area contributed by atoms with Crippen molar-refractivity contribution in [2.45, 2.75) is 25.8 Å². The molecule has 0 radical (unpaired) electrons. The molecule has 2 rings (SSSR count). The first kappa shape index (κ1) is 17.5. The van der Waals surface area contributed by atoms with E-state index in [1.807, 2.05) is 14.0 Å². The lowest BCUT2D eigenvalue weighted by Crippen LogP contribution is -2.28. The number of benzene rings is 1. The fourth-order valence-electron chi connectivity index (χ4n) is 1.87. The van der Waals surface area contributed by atoms with Gasteiger partial charge in [-0.2, -0.15) is 0 Å². The molecule has 1 saturated carbocycles. The average molecular weight is 312 g/mol. The molecule has 2 amide bonds. The molecular formula is C15H22ClN3O2. The number of anilines is 1. The summed E-state index contributed by atoms with van der Waals surface area (Å²) in [7, 11) is 1.82. The van der Waals surface area contributed by atoms with Gasteiger partial charge in [0, 0.05) is 29.8 Å². The topological polar surface area (TPSA) is 70.2 Å². The van der Waals surface area contributed by atoms with Crippen LogP contribution in [0.25, 0.3) is 0 Å². The van der Waals surface area contributed by atoms with Crippen LogP contribution in [0, 0.1) is 5.92 Å². The number of carbonyl (C=O) groups is 2. The monoisotopic (exact) mass is 311 g/mol. The van der Waals surface area contributed by atoms with Crippen molar-refractivity contribution in [3.63, 3.8) is 0 Å². The van der Waals surface area contributed by atoms with E-state index in [9.17, 15) is 9.59 Å². The van der Waals surface area contributed by atoms with Crippen LogP contribution in [-0.4, -0.2) is 31.4 Å². The first-order valence-corrected chi connectivity index (χ1v) is 6.96. The Labute approximate surface area is 131 Å². The largest absolute Gasteiger partial charge is 0.349 e. The summed E-state index contributed by atoms with van der Waals surface area (Å²) >= 11 is 0. The lowest BCUT2D eigenvalue weighted by atomic mass is 10.1. The van der Waals surface area contributed by atoms with Gasteiger partial charge in [-0.25, -0.2) is 0 Å². The number of amides is 2. The normalized spacial score (nSPS) is 14.8. The van der Waals surface area contributed by atoms with Crippen LogP contribution in [0.5, 0.6) is 0 Å². The van der Waals surface area contributed by atoms with E-state index >= 15 is 0 Å².